The summed E-state index contributed by atoms with van der Waals surface area (Å²) in [7, 11) is 0. The minimum Gasteiger partial charge on any atom is -0.303 e. The predicted molar refractivity (Wildman–Crippen MR) is 59.3 cm³/mol. The topological polar surface area (TPSA) is 20.3 Å². The van der Waals surface area contributed by atoms with Gasteiger partial charge in [0.15, 0.2) is 0 Å². The van der Waals surface area contributed by atoms with Crippen molar-refractivity contribution in [3.05, 3.63) is 0 Å². The molecule has 2 nitrogen and oxygen atoms in total. The first-order valence-corrected chi connectivity index (χ1v) is 5.72. The van der Waals surface area contributed by atoms with E-state index >= 15 is 0 Å². The van der Waals surface area contributed by atoms with Crippen molar-refractivity contribution in [2.75, 3.05) is 6.54 Å². The van der Waals surface area contributed by atoms with Gasteiger partial charge in [0.25, 0.3) is 0 Å². The van der Waals surface area contributed by atoms with E-state index < -0.39 is 0 Å². The van der Waals surface area contributed by atoms with Crippen LogP contribution in [0, 0.1) is 5.41 Å². The molecule has 14 heavy (non-hydrogen) atoms. The summed E-state index contributed by atoms with van der Waals surface area (Å²) in [6.45, 7) is 9.48. The lowest BCUT2D eigenvalue weighted by atomic mass is 9.94. The maximum atomic E-state index is 10.9. The lowest BCUT2D eigenvalue weighted by Gasteiger charge is -2.33. The van der Waals surface area contributed by atoms with Gasteiger partial charge in [-0.15, -0.1) is 0 Å². The highest BCUT2D eigenvalue weighted by molar-refractivity contribution is 5.58. The molecule has 1 aliphatic rings. The van der Waals surface area contributed by atoms with E-state index in [9.17, 15) is 4.79 Å². The fraction of sp³-hybridized carbons (Fsp3) is 0.917. The summed E-state index contributed by atoms with van der Waals surface area (Å²) in [6, 6.07) is 1.35. The molecule has 2 heteroatoms. The molecule has 0 amide bonds. The Bertz CT molecular complexity index is 200. The van der Waals surface area contributed by atoms with Crippen LogP contribution in [0.4, 0.5) is 0 Å². The summed E-state index contributed by atoms with van der Waals surface area (Å²) in [5.74, 6) is 0. The average Bonchev–Trinajstić information content (AvgIpc) is 2.48. The van der Waals surface area contributed by atoms with Crippen molar-refractivity contribution in [2.45, 2.75) is 59.0 Å². The molecule has 0 aliphatic carbocycles. The summed E-state index contributed by atoms with van der Waals surface area (Å²) >= 11 is 0. The zero-order valence-electron chi connectivity index (χ0n) is 9.92. The first kappa shape index (κ1) is 11.7. The first-order chi connectivity index (χ1) is 6.50. The Balaban J connectivity index is 2.61. The van der Waals surface area contributed by atoms with Crippen LogP contribution >= 0.6 is 0 Å². The minimum atomic E-state index is -0.188. The lowest BCUT2D eigenvalue weighted by Crippen LogP contribution is -2.41. The fourth-order valence-electron chi connectivity index (χ4n) is 2.36. The Hall–Kier alpha value is -0.370. The number of likely N-dealkylation sites (tertiary alicyclic amines) is 1. The van der Waals surface area contributed by atoms with Gasteiger partial charge in [0.05, 0.1) is 0 Å². The van der Waals surface area contributed by atoms with Crippen molar-refractivity contribution < 1.29 is 4.79 Å². The van der Waals surface area contributed by atoms with Gasteiger partial charge in [0.2, 0.25) is 0 Å². The second-order valence-corrected chi connectivity index (χ2v) is 5.27. The maximum absolute atomic E-state index is 10.9. The molecule has 0 aromatic rings. The van der Waals surface area contributed by atoms with Crippen molar-refractivity contribution in [1.82, 2.24) is 4.90 Å². The van der Waals surface area contributed by atoms with E-state index in [1.54, 1.807) is 0 Å². The number of nitrogens with zero attached hydrogens (tertiary/aromatic N) is 1. The van der Waals surface area contributed by atoms with Crippen molar-refractivity contribution in [3.8, 4) is 0 Å². The molecule has 0 N–H and O–H groups in total. The van der Waals surface area contributed by atoms with Gasteiger partial charge in [0, 0.05) is 24.0 Å². The van der Waals surface area contributed by atoms with E-state index in [0.29, 0.717) is 12.1 Å². The van der Waals surface area contributed by atoms with Crippen LogP contribution < -0.4 is 0 Å². The summed E-state index contributed by atoms with van der Waals surface area (Å²) in [5.41, 5.74) is -0.188. The largest absolute Gasteiger partial charge is 0.303 e. The van der Waals surface area contributed by atoms with Crippen LogP contribution in [0.2, 0.25) is 0 Å². The van der Waals surface area contributed by atoms with Gasteiger partial charge >= 0.3 is 0 Å². The molecule has 0 spiro atoms. The third-order valence-corrected chi connectivity index (χ3v) is 3.33. The minimum absolute atomic E-state index is 0.188. The zero-order valence-corrected chi connectivity index (χ0v) is 9.92. The van der Waals surface area contributed by atoms with Gasteiger partial charge in [-0.3, -0.25) is 4.90 Å². The van der Waals surface area contributed by atoms with E-state index in [2.05, 4.69) is 18.7 Å². The molecule has 0 aromatic heterocycles. The van der Waals surface area contributed by atoms with E-state index in [1.165, 1.54) is 19.3 Å². The van der Waals surface area contributed by atoms with Gasteiger partial charge in [-0.25, -0.2) is 0 Å². The molecular weight excluding hydrogens is 174 g/mol. The SMILES string of the molecule is CCC1CCC(C)N1CC(C)(C)C=O. The summed E-state index contributed by atoms with van der Waals surface area (Å²) < 4.78 is 0. The zero-order chi connectivity index (χ0) is 10.8. The number of hydrogen-bond acceptors (Lipinski definition) is 2. The van der Waals surface area contributed by atoms with Crippen molar-refractivity contribution in [3.63, 3.8) is 0 Å². The second-order valence-electron chi connectivity index (χ2n) is 5.27. The van der Waals surface area contributed by atoms with Crippen LogP contribution in [0.3, 0.4) is 0 Å². The highest BCUT2D eigenvalue weighted by Gasteiger charge is 2.33. The summed E-state index contributed by atoms with van der Waals surface area (Å²) in [6.07, 6.45) is 4.88. The van der Waals surface area contributed by atoms with Crippen molar-refractivity contribution in [2.24, 2.45) is 5.41 Å². The van der Waals surface area contributed by atoms with Crippen molar-refractivity contribution in [1.29, 1.82) is 0 Å². The molecule has 0 aromatic carbocycles. The van der Waals surface area contributed by atoms with E-state index in [-0.39, 0.29) is 5.41 Å². The molecule has 2 unspecified atom stereocenters. The molecule has 2 atom stereocenters. The van der Waals surface area contributed by atoms with Crippen molar-refractivity contribution >= 4 is 6.29 Å². The Morgan fingerprint density at radius 3 is 2.57 bits per heavy atom. The highest BCUT2D eigenvalue weighted by Crippen LogP contribution is 2.29. The molecule has 1 fully saturated rings. The third-order valence-electron chi connectivity index (χ3n) is 3.33. The van der Waals surface area contributed by atoms with Crippen LogP contribution in [-0.2, 0) is 4.79 Å². The second kappa shape index (κ2) is 4.43. The predicted octanol–water partition coefficient (Wildman–Crippen LogP) is 2.47. The van der Waals surface area contributed by atoms with E-state index in [4.69, 9.17) is 0 Å². The molecule has 0 bridgehead atoms. The van der Waals surface area contributed by atoms with Crippen LogP contribution in [0.15, 0.2) is 0 Å². The molecule has 1 aliphatic heterocycles. The van der Waals surface area contributed by atoms with Crippen LogP contribution in [0.5, 0.6) is 0 Å². The third kappa shape index (κ3) is 2.57. The highest BCUT2D eigenvalue weighted by atomic mass is 16.1. The Kier molecular flexibility index (Phi) is 3.71. The number of rotatable bonds is 4. The normalized spacial score (nSPS) is 29.4. The fourth-order valence-corrected chi connectivity index (χ4v) is 2.36. The average molecular weight is 197 g/mol. The van der Waals surface area contributed by atoms with Gasteiger partial charge in [-0.1, -0.05) is 20.8 Å². The van der Waals surface area contributed by atoms with E-state index in [0.717, 1.165) is 12.8 Å². The molecule has 0 radical (unpaired) electrons. The number of hydrogen-bond donors (Lipinski definition) is 0. The standard InChI is InChI=1S/C12H23NO/c1-5-11-7-6-10(2)13(11)8-12(3,4)9-14/h9-11H,5-8H2,1-4H3. The van der Waals surface area contributed by atoms with Gasteiger partial charge in [0.1, 0.15) is 6.29 Å². The number of aldehydes is 1. The molecule has 0 saturated carbocycles. The molecule has 82 valence electrons. The molecule has 1 rings (SSSR count). The summed E-state index contributed by atoms with van der Waals surface area (Å²) in [4.78, 5) is 13.4. The molecular formula is C12H23NO. The van der Waals surface area contributed by atoms with Crippen LogP contribution in [0.25, 0.3) is 0 Å². The van der Waals surface area contributed by atoms with Gasteiger partial charge in [-0.05, 0) is 26.2 Å². The van der Waals surface area contributed by atoms with Gasteiger partial charge < -0.3 is 4.79 Å². The maximum Gasteiger partial charge on any atom is 0.126 e. The molecule has 1 heterocycles. The Morgan fingerprint density at radius 1 is 1.43 bits per heavy atom. The van der Waals surface area contributed by atoms with Crippen LogP contribution in [-0.4, -0.2) is 29.8 Å². The first-order valence-electron chi connectivity index (χ1n) is 5.72. The quantitative estimate of drug-likeness (QED) is 0.645. The molecule has 1 saturated heterocycles. The van der Waals surface area contributed by atoms with E-state index in [1.807, 2.05) is 13.8 Å². The number of carbonyl (C=O) groups is 1. The number of carbonyl (C=O) groups excluding carboxylic acids is 1. The van der Waals surface area contributed by atoms with Crippen LogP contribution in [0.1, 0.15) is 47.0 Å². The Labute approximate surface area is 87.7 Å². The summed E-state index contributed by atoms with van der Waals surface area (Å²) in [5, 5.41) is 0. The monoisotopic (exact) mass is 197 g/mol. The Morgan fingerprint density at radius 2 is 2.07 bits per heavy atom. The lowest BCUT2D eigenvalue weighted by molar-refractivity contribution is -0.115. The van der Waals surface area contributed by atoms with Gasteiger partial charge in [-0.2, -0.15) is 0 Å². The smallest absolute Gasteiger partial charge is 0.126 e.